The quantitative estimate of drug-likeness (QED) is 0.303. The van der Waals surface area contributed by atoms with Gasteiger partial charge < -0.3 is 4.42 Å². The van der Waals surface area contributed by atoms with E-state index in [9.17, 15) is 19.7 Å². The van der Waals surface area contributed by atoms with Crippen LogP contribution in [0.1, 0.15) is 23.1 Å². The van der Waals surface area contributed by atoms with Crippen LogP contribution in [0.4, 0.5) is 5.69 Å². The summed E-state index contributed by atoms with van der Waals surface area (Å²) in [5, 5.41) is 12.0. The molecule has 0 spiro atoms. The van der Waals surface area contributed by atoms with Gasteiger partial charge in [0.05, 0.1) is 28.7 Å². The van der Waals surface area contributed by atoms with E-state index >= 15 is 0 Å². The molecule has 0 saturated carbocycles. The average Bonchev–Trinajstić information content (AvgIpc) is 3.15. The van der Waals surface area contributed by atoms with Crippen molar-refractivity contribution in [3.05, 3.63) is 90.3 Å². The van der Waals surface area contributed by atoms with E-state index in [2.05, 4.69) is 4.98 Å². The van der Waals surface area contributed by atoms with E-state index in [1.54, 1.807) is 0 Å². The molecule has 0 atom stereocenters. The van der Waals surface area contributed by atoms with Gasteiger partial charge in [0, 0.05) is 23.6 Å². The summed E-state index contributed by atoms with van der Waals surface area (Å²) in [4.78, 5) is 39.7. The lowest BCUT2D eigenvalue weighted by Gasteiger charge is -2.10. The number of nitro groups is 1. The lowest BCUT2D eigenvalue weighted by atomic mass is 10.0. The molecule has 8 heteroatoms. The van der Waals surface area contributed by atoms with Crippen molar-refractivity contribution < 1.29 is 9.34 Å². The minimum absolute atomic E-state index is 0.116. The van der Waals surface area contributed by atoms with Crippen molar-refractivity contribution in [2.45, 2.75) is 25.8 Å². The fourth-order valence-electron chi connectivity index (χ4n) is 3.98. The Kier molecular flexibility index (Phi) is 3.80. The molecule has 2 aromatic carbocycles. The van der Waals surface area contributed by atoms with Crippen molar-refractivity contribution in [2.24, 2.45) is 0 Å². The van der Waals surface area contributed by atoms with Crippen LogP contribution in [-0.4, -0.2) is 14.5 Å². The minimum Gasteiger partial charge on any atom is -0.423 e. The van der Waals surface area contributed by atoms with Crippen LogP contribution in [0.5, 0.6) is 0 Å². The predicted octanol–water partition coefficient (Wildman–Crippen LogP) is 2.95. The van der Waals surface area contributed by atoms with E-state index in [4.69, 9.17) is 4.42 Å². The van der Waals surface area contributed by atoms with Crippen molar-refractivity contribution >= 4 is 27.6 Å². The number of rotatable bonds is 3. The van der Waals surface area contributed by atoms with E-state index in [1.807, 2.05) is 12.1 Å². The zero-order valence-corrected chi connectivity index (χ0v) is 15.3. The van der Waals surface area contributed by atoms with Gasteiger partial charge in [0.15, 0.2) is 0 Å². The highest BCUT2D eigenvalue weighted by molar-refractivity contribution is 5.83. The summed E-state index contributed by atoms with van der Waals surface area (Å²) >= 11 is 0. The molecule has 0 unspecified atom stereocenters. The number of fused-ring (bicyclic) bond motifs is 3. The molecule has 2 heterocycles. The van der Waals surface area contributed by atoms with Gasteiger partial charge in [-0.05, 0) is 54.2 Å². The van der Waals surface area contributed by atoms with Crippen LogP contribution in [0.2, 0.25) is 0 Å². The Labute approximate surface area is 163 Å². The van der Waals surface area contributed by atoms with Gasteiger partial charge in [-0.1, -0.05) is 0 Å². The summed E-state index contributed by atoms with van der Waals surface area (Å²) in [5.74, 6) is 0. The first-order valence-corrected chi connectivity index (χ1v) is 9.22. The highest BCUT2D eigenvalue weighted by Crippen LogP contribution is 2.28. The van der Waals surface area contributed by atoms with Crippen molar-refractivity contribution in [2.75, 3.05) is 0 Å². The maximum atomic E-state index is 12.9. The number of nitro benzene ring substituents is 1. The second kappa shape index (κ2) is 6.37. The van der Waals surface area contributed by atoms with Crippen LogP contribution in [-0.2, 0) is 19.4 Å². The molecular weight excluding hydrogens is 374 g/mol. The SMILES string of the molecule is O=c1cc(Cn2cnc3ccc([N+](=O)[O-])cc3c2=O)c2cc3c(cc2o1)CCC3. The van der Waals surface area contributed by atoms with Crippen molar-refractivity contribution in [1.29, 1.82) is 0 Å². The van der Waals surface area contributed by atoms with Crippen LogP contribution in [0, 0.1) is 10.1 Å². The monoisotopic (exact) mass is 389 g/mol. The van der Waals surface area contributed by atoms with Crippen LogP contribution in [0.15, 0.2) is 56.7 Å². The normalized spacial score (nSPS) is 13.1. The summed E-state index contributed by atoms with van der Waals surface area (Å²) < 4.78 is 6.73. The number of hydrogen-bond donors (Lipinski definition) is 0. The number of hydrogen-bond acceptors (Lipinski definition) is 6. The molecule has 0 fully saturated rings. The lowest BCUT2D eigenvalue weighted by Crippen LogP contribution is -2.22. The second-order valence-electron chi connectivity index (χ2n) is 7.20. The molecule has 0 amide bonds. The Morgan fingerprint density at radius 2 is 1.86 bits per heavy atom. The first kappa shape index (κ1) is 17.3. The van der Waals surface area contributed by atoms with Gasteiger partial charge in [-0.2, -0.15) is 0 Å². The molecule has 5 rings (SSSR count). The Balaban J connectivity index is 1.67. The highest BCUT2D eigenvalue weighted by Gasteiger charge is 2.16. The molecule has 1 aliphatic carbocycles. The van der Waals surface area contributed by atoms with Crippen LogP contribution in [0.25, 0.3) is 21.9 Å². The summed E-state index contributed by atoms with van der Waals surface area (Å²) in [5.41, 5.74) is 2.90. The third kappa shape index (κ3) is 2.89. The molecule has 0 aliphatic heterocycles. The Bertz CT molecular complexity index is 1430. The second-order valence-corrected chi connectivity index (χ2v) is 7.20. The first-order chi connectivity index (χ1) is 14.0. The van der Waals surface area contributed by atoms with E-state index in [0.29, 0.717) is 16.7 Å². The fraction of sp³-hybridized carbons (Fsp3) is 0.190. The molecular formula is C21H15N3O5. The van der Waals surface area contributed by atoms with Crippen molar-refractivity contribution in [3.8, 4) is 0 Å². The van der Waals surface area contributed by atoms with Gasteiger partial charge >= 0.3 is 5.63 Å². The molecule has 29 heavy (non-hydrogen) atoms. The summed E-state index contributed by atoms with van der Waals surface area (Å²) in [6.45, 7) is 0.116. The molecule has 4 aromatic rings. The fourth-order valence-corrected chi connectivity index (χ4v) is 3.98. The lowest BCUT2D eigenvalue weighted by molar-refractivity contribution is -0.384. The van der Waals surface area contributed by atoms with Crippen LogP contribution in [0.3, 0.4) is 0 Å². The van der Waals surface area contributed by atoms with Gasteiger partial charge in [-0.25, -0.2) is 9.78 Å². The molecule has 144 valence electrons. The van der Waals surface area contributed by atoms with Crippen LogP contribution < -0.4 is 11.2 Å². The zero-order valence-electron chi connectivity index (χ0n) is 15.3. The standard InChI is InChI=1S/C21H15N3O5/c25-20-8-14(16-6-12-2-1-3-13(12)7-19(16)29-20)10-23-11-22-18-5-4-15(24(27)28)9-17(18)21(23)26/h4-9,11H,1-3,10H2. The molecule has 0 radical (unpaired) electrons. The first-order valence-electron chi connectivity index (χ1n) is 9.22. The van der Waals surface area contributed by atoms with Crippen molar-refractivity contribution in [3.63, 3.8) is 0 Å². The summed E-state index contributed by atoms with van der Waals surface area (Å²) in [7, 11) is 0. The maximum absolute atomic E-state index is 12.9. The van der Waals surface area contributed by atoms with E-state index in [1.165, 1.54) is 46.3 Å². The number of non-ortho nitro benzene ring substituents is 1. The molecule has 0 bridgehead atoms. The smallest absolute Gasteiger partial charge is 0.336 e. The molecule has 0 saturated heterocycles. The van der Waals surface area contributed by atoms with E-state index < -0.39 is 16.1 Å². The van der Waals surface area contributed by atoms with Gasteiger partial charge in [-0.15, -0.1) is 0 Å². The molecule has 2 aromatic heterocycles. The Morgan fingerprint density at radius 3 is 2.66 bits per heavy atom. The minimum atomic E-state index is -0.549. The maximum Gasteiger partial charge on any atom is 0.336 e. The van der Waals surface area contributed by atoms with Gasteiger partial charge in [0.1, 0.15) is 5.58 Å². The molecule has 8 nitrogen and oxygen atoms in total. The zero-order chi connectivity index (χ0) is 20.1. The highest BCUT2D eigenvalue weighted by atomic mass is 16.6. The molecule has 0 N–H and O–H groups in total. The Morgan fingerprint density at radius 1 is 1.07 bits per heavy atom. The van der Waals surface area contributed by atoms with Crippen molar-refractivity contribution in [1.82, 2.24) is 9.55 Å². The number of aromatic nitrogens is 2. The largest absolute Gasteiger partial charge is 0.423 e. The Hall–Kier alpha value is -3.81. The van der Waals surface area contributed by atoms with E-state index in [0.717, 1.165) is 24.6 Å². The van der Waals surface area contributed by atoms with E-state index in [-0.39, 0.29) is 17.6 Å². The van der Waals surface area contributed by atoms with Gasteiger partial charge in [0.2, 0.25) is 0 Å². The number of benzene rings is 2. The van der Waals surface area contributed by atoms with Gasteiger partial charge in [0.25, 0.3) is 11.2 Å². The average molecular weight is 389 g/mol. The number of aryl methyl sites for hydroxylation is 2. The van der Waals surface area contributed by atoms with Gasteiger partial charge in [-0.3, -0.25) is 19.5 Å². The summed E-state index contributed by atoms with van der Waals surface area (Å²) in [6.07, 6.45) is 4.40. The third-order valence-corrected chi connectivity index (χ3v) is 5.40. The topological polar surface area (TPSA) is 108 Å². The third-order valence-electron chi connectivity index (χ3n) is 5.40. The van der Waals surface area contributed by atoms with Crippen LogP contribution >= 0.6 is 0 Å². The summed E-state index contributed by atoms with van der Waals surface area (Å²) in [6, 6.07) is 9.32. The molecule has 1 aliphatic rings. The predicted molar refractivity (Wildman–Crippen MR) is 106 cm³/mol. The number of nitrogens with zero attached hydrogens (tertiary/aromatic N) is 3.